The van der Waals surface area contributed by atoms with Crippen molar-refractivity contribution in [2.75, 3.05) is 57.5 Å². The second-order valence-electron chi connectivity index (χ2n) is 11.6. The van der Waals surface area contributed by atoms with E-state index >= 15 is 0 Å². The number of imidazole rings is 1. The van der Waals surface area contributed by atoms with E-state index in [4.69, 9.17) is 24.2 Å². The Morgan fingerprint density at radius 2 is 1.92 bits per heavy atom. The zero-order chi connectivity index (χ0) is 26.4. The normalized spacial score (nSPS) is 22.9. The average molecular weight is 534 g/mol. The molecule has 1 aromatic carbocycles. The lowest BCUT2D eigenvalue weighted by atomic mass is 9.61. The molecule has 1 aliphatic carbocycles. The Balaban J connectivity index is 0.978. The summed E-state index contributed by atoms with van der Waals surface area (Å²) >= 11 is 0. The molecule has 1 N–H and O–H groups in total. The molecule has 3 saturated heterocycles. The Morgan fingerprint density at radius 1 is 1.10 bits per heavy atom. The first-order valence-electron chi connectivity index (χ1n) is 14.0. The molecule has 10 heteroatoms. The van der Waals surface area contributed by atoms with E-state index in [-0.39, 0.29) is 11.7 Å². The molecule has 5 heterocycles. The monoisotopic (exact) mass is 533 g/mol. The van der Waals surface area contributed by atoms with Crippen molar-refractivity contribution < 1.29 is 24.1 Å². The van der Waals surface area contributed by atoms with Crippen LogP contribution in [0, 0.1) is 11.3 Å². The number of fused-ring (bicyclic) bond motifs is 1. The van der Waals surface area contributed by atoms with Gasteiger partial charge in [-0.2, -0.15) is 4.98 Å². The fourth-order valence-corrected chi connectivity index (χ4v) is 6.37. The van der Waals surface area contributed by atoms with Gasteiger partial charge < -0.3 is 28.8 Å². The Hall–Kier alpha value is -3.21. The number of rotatable bonds is 9. The number of carboxylic acid groups (broad SMARTS) is 1. The van der Waals surface area contributed by atoms with E-state index in [9.17, 15) is 9.90 Å². The second kappa shape index (κ2) is 10.1. The summed E-state index contributed by atoms with van der Waals surface area (Å²) in [7, 11) is 0. The van der Waals surface area contributed by atoms with Crippen LogP contribution in [0.3, 0.4) is 0 Å². The minimum absolute atomic E-state index is 0.157. The number of pyridine rings is 1. The van der Waals surface area contributed by atoms with Crippen LogP contribution in [0.15, 0.2) is 36.4 Å². The van der Waals surface area contributed by atoms with E-state index in [0.717, 1.165) is 81.7 Å². The predicted octanol–water partition coefficient (Wildman–Crippen LogP) is 3.05. The molecular weight excluding hydrogens is 498 g/mol. The van der Waals surface area contributed by atoms with Crippen LogP contribution in [-0.2, 0) is 22.6 Å². The molecule has 1 saturated carbocycles. The lowest BCUT2D eigenvalue weighted by molar-refractivity contribution is -0.183. The van der Waals surface area contributed by atoms with Crippen molar-refractivity contribution in [3.63, 3.8) is 0 Å². The summed E-state index contributed by atoms with van der Waals surface area (Å²) in [4.78, 5) is 26.0. The van der Waals surface area contributed by atoms with Gasteiger partial charge in [0, 0.05) is 44.3 Å². The molecule has 3 aromatic rings. The van der Waals surface area contributed by atoms with Gasteiger partial charge in [-0.25, -0.2) is 9.78 Å². The summed E-state index contributed by atoms with van der Waals surface area (Å²) in [6.07, 6.45) is 3.58. The summed E-state index contributed by atoms with van der Waals surface area (Å²) in [6, 6.07) is 11.2. The van der Waals surface area contributed by atoms with E-state index in [1.807, 2.05) is 18.2 Å². The van der Waals surface area contributed by atoms with Gasteiger partial charge in [0.1, 0.15) is 11.6 Å². The molecule has 4 aliphatic rings. The molecular formula is C29H35N5O5. The minimum atomic E-state index is -0.925. The van der Waals surface area contributed by atoms with Crippen molar-refractivity contribution in [1.29, 1.82) is 0 Å². The smallest absolute Gasteiger partial charge is 0.335 e. The van der Waals surface area contributed by atoms with Crippen molar-refractivity contribution in [2.45, 2.75) is 38.5 Å². The van der Waals surface area contributed by atoms with Gasteiger partial charge in [0.2, 0.25) is 5.88 Å². The highest BCUT2D eigenvalue weighted by Crippen LogP contribution is 2.50. The molecule has 2 aromatic heterocycles. The number of benzene rings is 1. The van der Waals surface area contributed by atoms with Crippen LogP contribution < -0.4 is 9.64 Å². The number of aromatic carboxylic acids is 1. The van der Waals surface area contributed by atoms with E-state index in [1.54, 1.807) is 12.1 Å². The number of piperazine rings is 1. The summed E-state index contributed by atoms with van der Waals surface area (Å²) in [5.74, 6) is 2.30. The molecule has 4 fully saturated rings. The lowest BCUT2D eigenvalue weighted by Crippen LogP contribution is -2.53. The highest BCUT2D eigenvalue weighted by atomic mass is 16.5. The Kier molecular flexibility index (Phi) is 6.41. The molecule has 10 nitrogen and oxygen atoms in total. The van der Waals surface area contributed by atoms with Gasteiger partial charge in [-0.15, -0.1) is 0 Å². The zero-order valence-corrected chi connectivity index (χ0v) is 22.1. The number of carbonyl (C=O) groups is 1. The van der Waals surface area contributed by atoms with Gasteiger partial charge in [-0.05, 0) is 49.4 Å². The number of ether oxygens (including phenoxy) is 3. The van der Waals surface area contributed by atoms with Crippen LogP contribution >= 0.6 is 0 Å². The van der Waals surface area contributed by atoms with Crippen molar-refractivity contribution in [1.82, 2.24) is 19.4 Å². The number of aromatic nitrogens is 3. The lowest BCUT2D eigenvalue weighted by Gasteiger charge is -2.53. The number of anilines is 1. The topological polar surface area (TPSA) is 102 Å². The largest absolute Gasteiger partial charge is 0.478 e. The predicted molar refractivity (Wildman–Crippen MR) is 144 cm³/mol. The maximum Gasteiger partial charge on any atom is 0.335 e. The highest BCUT2D eigenvalue weighted by Gasteiger charge is 2.49. The van der Waals surface area contributed by atoms with Gasteiger partial charge in [0.15, 0.2) is 0 Å². The molecule has 39 heavy (non-hydrogen) atoms. The molecule has 1 spiro atoms. The number of hydrogen-bond acceptors (Lipinski definition) is 8. The van der Waals surface area contributed by atoms with E-state index in [0.29, 0.717) is 30.3 Å². The van der Waals surface area contributed by atoms with Crippen LogP contribution in [-0.4, -0.2) is 89.2 Å². The number of hydrogen-bond donors (Lipinski definition) is 1. The van der Waals surface area contributed by atoms with Gasteiger partial charge in [-0.3, -0.25) is 4.90 Å². The Bertz CT molecular complexity index is 1350. The number of carboxylic acids is 1. The maximum atomic E-state index is 11.6. The van der Waals surface area contributed by atoms with Crippen LogP contribution in [0.2, 0.25) is 0 Å². The quantitative estimate of drug-likeness (QED) is 0.445. The fraction of sp³-hybridized carbons (Fsp3) is 0.552. The first kappa shape index (κ1) is 24.8. The van der Waals surface area contributed by atoms with Gasteiger partial charge in [0.25, 0.3) is 0 Å². The summed E-state index contributed by atoms with van der Waals surface area (Å²) < 4.78 is 19.3. The average Bonchev–Trinajstić information content (AvgIpc) is 3.21. The first-order valence-corrected chi connectivity index (χ1v) is 14.0. The SMILES string of the molecule is O=C(O)c1ccc2nc(CN3CCN(c4cccc(OCC5CC6(COC6)C5)n4)CC3)n(CC3CCO3)c2c1. The van der Waals surface area contributed by atoms with E-state index in [2.05, 4.69) is 20.4 Å². The van der Waals surface area contributed by atoms with E-state index in [1.165, 1.54) is 12.8 Å². The van der Waals surface area contributed by atoms with Gasteiger partial charge >= 0.3 is 5.97 Å². The van der Waals surface area contributed by atoms with Gasteiger partial charge in [0.05, 0.1) is 55.6 Å². The molecule has 1 unspecified atom stereocenters. The van der Waals surface area contributed by atoms with E-state index < -0.39 is 5.97 Å². The van der Waals surface area contributed by atoms with Crippen molar-refractivity contribution in [3.05, 3.63) is 47.8 Å². The van der Waals surface area contributed by atoms with Crippen molar-refractivity contribution >= 4 is 22.8 Å². The summed E-state index contributed by atoms with van der Waals surface area (Å²) in [5, 5.41) is 9.49. The van der Waals surface area contributed by atoms with Crippen LogP contribution in [0.4, 0.5) is 5.82 Å². The highest BCUT2D eigenvalue weighted by molar-refractivity contribution is 5.92. The molecule has 0 bridgehead atoms. The molecule has 7 rings (SSSR count). The third-order valence-corrected chi connectivity index (χ3v) is 8.75. The first-order chi connectivity index (χ1) is 19.0. The number of nitrogens with zero attached hydrogens (tertiary/aromatic N) is 5. The molecule has 0 radical (unpaired) electrons. The van der Waals surface area contributed by atoms with Crippen molar-refractivity contribution in [3.8, 4) is 5.88 Å². The Labute approximate surface area is 227 Å². The summed E-state index contributed by atoms with van der Waals surface area (Å²) in [6.45, 7) is 8.28. The third kappa shape index (κ3) is 4.97. The maximum absolute atomic E-state index is 11.6. The fourth-order valence-electron chi connectivity index (χ4n) is 6.37. The van der Waals surface area contributed by atoms with Crippen LogP contribution in [0.5, 0.6) is 5.88 Å². The Morgan fingerprint density at radius 3 is 2.62 bits per heavy atom. The van der Waals surface area contributed by atoms with Gasteiger partial charge in [-0.1, -0.05) is 6.07 Å². The third-order valence-electron chi connectivity index (χ3n) is 8.75. The minimum Gasteiger partial charge on any atom is -0.478 e. The summed E-state index contributed by atoms with van der Waals surface area (Å²) in [5.41, 5.74) is 2.42. The standard InChI is InChI=1S/C29H35N5O5/c35-28(36)21-4-5-23-24(12-21)34(15-22-6-11-38-22)26(30-23)16-32-7-9-33(10-8-32)25-2-1-3-27(31-25)39-17-20-13-29(14-20)18-37-19-29/h1-5,12,20,22H,6-11,13-19H2,(H,35,36). The van der Waals surface area contributed by atoms with Crippen LogP contribution in [0.1, 0.15) is 35.4 Å². The molecule has 0 amide bonds. The molecule has 206 valence electrons. The van der Waals surface area contributed by atoms with Crippen molar-refractivity contribution in [2.24, 2.45) is 11.3 Å². The zero-order valence-electron chi connectivity index (χ0n) is 22.1. The molecule has 1 atom stereocenters. The van der Waals surface area contributed by atoms with Crippen LogP contribution in [0.25, 0.3) is 11.0 Å². The second-order valence-corrected chi connectivity index (χ2v) is 11.6. The molecule has 3 aliphatic heterocycles.